The number of rotatable bonds is 16. The molecule has 3 rings (SSSR count). The summed E-state index contributed by atoms with van der Waals surface area (Å²) >= 11 is 0. The van der Waals surface area contributed by atoms with Crippen LogP contribution in [0.4, 0.5) is 0 Å². The number of aliphatic hydroxyl groups is 1. The highest BCUT2D eigenvalue weighted by molar-refractivity contribution is 6.04. The lowest BCUT2D eigenvalue weighted by Crippen LogP contribution is -2.48. The average molecular weight is 576 g/mol. The molecular weight excluding hydrogens is 534 g/mol. The summed E-state index contributed by atoms with van der Waals surface area (Å²) in [5, 5.41) is 17.3. The van der Waals surface area contributed by atoms with Crippen LogP contribution in [0.2, 0.25) is 0 Å². The number of hydrogen-bond acceptors (Lipinski definition) is 7. The van der Waals surface area contributed by atoms with Gasteiger partial charge in [0.25, 0.3) is 11.8 Å². The van der Waals surface area contributed by atoms with Crippen molar-refractivity contribution in [1.82, 2.24) is 20.5 Å². The van der Waals surface area contributed by atoms with E-state index < -0.39 is 24.0 Å². The molecule has 0 saturated carbocycles. The summed E-state index contributed by atoms with van der Waals surface area (Å²) in [6.45, 7) is 5.73. The van der Waals surface area contributed by atoms with Crippen LogP contribution in [0.25, 0.3) is 0 Å². The molecule has 0 spiro atoms. The Bertz CT molecular complexity index is 1330. The van der Waals surface area contributed by atoms with Crippen LogP contribution < -0.4 is 21.1 Å². The van der Waals surface area contributed by atoms with E-state index in [9.17, 15) is 19.5 Å². The molecule has 0 aliphatic carbocycles. The first-order chi connectivity index (χ1) is 20.2. The largest absolute Gasteiger partial charge is 0.497 e. The van der Waals surface area contributed by atoms with Gasteiger partial charge in [-0.05, 0) is 60.9 Å². The molecule has 0 radical (unpaired) electrons. The molecule has 5 N–H and O–H groups in total. The molecule has 1 aromatic heterocycles. The van der Waals surface area contributed by atoms with Crippen molar-refractivity contribution in [2.45, 2.75) is 51.8 Å². The standard InChI is InChI=1S/C32H41N5O5/c1-4-13-37(14-5-2)32(41)25-17-23(30(33)39)16-24(18-25)31(40)36-28(19-26-10-6-7-12-35-26)29(38)21-34-20-22-9-8-11-27(15-22)42-3/h6-12,15-18,28-29,34,38H,4-5,13-14,19-21H2,1-3H3,(H2,33,39)(H,36,40)/t28-,29+/m0/s1. The van der Waals surface area contributed by atoms with Crippen molar-refractivity contribution in [2.75, 3.05) is 26.7 Å². The Morgan fingerprint density at radius 1 is 0.976 bits per heavy atom. The second kappa shape index (κ2) is 16.2. The summed E-state index contributed by atoms with van der Waals surface area (Å²) in [6.07, 6.45) is 2.47. The lowest BCUT2D eigenvalue weighted by Gasteiger charge is -2.25. The molecule has 0 aliphatic rings. The van der Waals surface area contributed by atoms with Gasteiger partial charge in [-0.15, -0.1) is 0 Å². The molecule has 2 atom stereocenters. The Labute approximate surface area is 247 Å². The zero-order valence-electron chi connectivity index (χ0n) is 24.5. The van der Waals surface area contributed by atoms with Crippen molar-refractivity contribution in [3.63, 3.8) is 0 Å². The maximum absolute atomic E-state index is 13.5. The van der Waals surface area contributed by atoms with Crippen molar-refractivity contribution < 1.29 is 24.2 Å². The summed E-state index contributed by atoms with van der Waals surface area (Å²) < 4.78 is 5.27. The van der Waals surface area contributed by atoms with Gasteiger partial charge in [0, 0.05) is 61.2 Å². The number of aromatic nitrogens is 1. The van der Waals surface area contributed by atoms with Gasteiger partial charge in [-0.1, -0.05) is 32.0 Å². The van der Waals surface area contributed by atoms with Crippen LogP contribution in [0.15, 0.2) is 66.9 Å². The molecule has 224 valence electrons. The van der Waals surface area contributed by atoms with Crippen LogP contribution in [0.3, 0.4) is 0 Å². The molecular formula is C32H41N5O5. The minimum absolute atomic E-state index is 0.0562. The van der Waals surface area contributed by atoms with Crippen LogP contribution >= 0.6 is 0 Å². The third kappa shape index (κ3) is 9.39. The number of nitrogens with one attached hydrogen (secondary N) is 2. The first kappa shape index (κ1) is 32.2. The molecule has 10 heteroatoms. The lowest BCUT2D eigenvalue weighted by atomic mass is 10.0. The lowest BCUT2D eigenvalue weighted by molar-refractivity contribution is 0.0755. The summed E-state index contributed by atoms with van der Waals surface area (Å²) in [4.78, 5) is 45.0. The second-order valence-corrected chi connectivity index (χ2v) is 10.1. The van der Waals surface area contributed by atoms with Crippen molar-refractivity contribution >= 4 is 17.7 Å². The smallest absolute Gasteiger partial charge is 0.253 e. The third-order valence-corrected chi connectivity index (χ3v) is 6.75. The molecule has 0 bridgehead atoms. The van der Waals surface area contributed by atoms with Gasteiger partial charge in [-0.2, -0.15) is 0 Å². The van der Waals surface area contributed by atoms with Gasteiger partial charge in [0.05, 0.1) is 19.3 Å². The fraction of sp³-hybridized carbons (Fsp3) is 0.375. The van der Waals surface area contributed by atoms with E-state index in [-0.39, 0.29) is 35.6 Å². The number of hydrogen-bond donors (Lipinski definition) is 4. The van der Waals surface area contributed by atoms with Crippen LogP contribution in [-0.4, -0.2) is 71.6 Å². The van der Waals surface area contributed by atoms with Crippen molar-refractivity contribution in [3.8, 4) is 5.75 Å². The Kier molecular flexibility index (Phi) is 12.5. The van der Waals surface area contributed by atoms with E-state index in [1.54, 1.807) is 24.3 Å². The van der Waals surface area contributed by atoms with Crippen LogP contribution in [-0.2, 0) is 13.0 Å². The minimum Gasteiger partial charge on any atom is -0.497 e. The summed E-state index contributed by atoms with van der Waals surface area (Å²) in [5.41, 5.74) is 7.59. The highest BCUT2D eigenvalue weighted by Crippen LogP contribution is 2.16. The van der Waals surface area contributed by atoms with E-state index in [1.807, 2.05) is 50.2 Å². The van der Waals surface area contributed by atoms with Gasteiger partial charge in [0.1, 0.15) is 5.75 Å². The van der Waals surface area contributed by atoms with E-state index >= 15 is 0 Å². The third-order valence-electron chi connectivity index (χ3n) is 6.75. The quantitative estimate of drug-likeness (QED) is 0.205. The minimum atomic E-state index is -0.980. The second-order valence-electron chi connectivity index (χ2n) is 10.1. The maximum atomic E-state index is 13.5. The van der Waals surface area contributed by atoms with Gasteiger partial charge < -0.3 is 31.1 Å². The molecule has 0 unspecified atom stereocenters. The maximum Gasteiger partial charge on any atom is 0.253 e. The fourth-order valence-electron chi connectivity index (χ4n) is 4.63. The molecule has 1 heterocycles. The molecule has 0 aliphatic heterocycles. The molecule has 10 nitrogen and oxygen atoms in total. The van der Waals surface area contributed by atoms with Crippen molar-refractivity contribution in [3.05, 3.63) is 94.8 Å². The molecule has 3 aromatic rings. The molecule has 3 amide bonds. The highest BCUT2D eigenvalue weighted by Gasteiger charge is 2.25. The zero-order chi connectivity index (χ0) is 30.5. The van der Waals surface area contributed by atoms with Crippen molar-refractivity contribution in [2.24, 2.45) is 5.73 Å². The predicted molar refractivity (Wildman–Crippen MR) is 161 cm³/mol. The molecule has 2 aromatic carbocycles. The van der Waals surface area contributed by atoms with E-state index in [0.29, 0.717) is 25.3 Å². The Morgan fingerprint density at radius 2 is 1.69 bits per heavy atom. The Balaban J connectivity index is 1.82. The number of carbonyl (C=O) groups is 3. The topological polar surface area (TPSA) is 147 Å². The molecule has 0 fully saturated rings. The predicted octanol–water partition coefficient (Wildman–Crippen LogP) is 2.94. The van der Waals surface area contributed by atoms with Gasteiger partial charge >= 0.3 is 0 Å². The monoisotopic (exact) mass is 575 g/mol. The number of nitrogens with two attached hydrogens (primary N) is 1. The van der Waals surface area contributed by atoms with Gasteiger partial charge in [0.15, 0.2) is 0 Å². The number of nitrogens with zero attached hydrogens (tertiary/aromatic N) is 2. The van der Waals surface area contributed by atoms with Crippen LogP contribution in [0.1, 0.15) is 69.0 Å². The van der Waals surface area contributed by atoms with Gasteiger partial charge in [-0.3, -0.25) is 19.4 Å². The summed E-state index contributed by atoms with van der Waals surface area (Å²) in [6, 6.07) is 16.6. The number of aliphatic hydroxyl groups excluding tert-OH is 1. The summed E-state index contributed by atoms with van der Waals surface area (Å²) in [5.74, 6) is -0.832. The average Bonchev–Trinajstić information content (AvgIpc) is 3.00. The first-order valence-corrected chi connectivity index (χ1v) is 14.2. The Morgan fingerprint density at radius 3 is 2.33 bits per heavy atom. The zero-order valence-corrected chi connectivity index (χ0v) is 24.5. The molecule has 0 saturated heterocycles. The Hall–Kier alpha value is -4.28. The van der Waals surface area contributed by atoms with E-state index in [1.165, 1.54) is 18.2 Å². The van der Waals surface area contributed by atoms with E-state index in [4.69, 9.17) is 10.5 Å². The number of ether oxygens (including phenoxy) is 1. The number of amides is 3. The van der Waals surface area contributed by atoms with Crippen LogP contribution in [0, 0.1) is 0 Å². The van der Waals surface area contributed by atoms with Gasteiger partial charge in [-0.25, -0.2) is 0 Å². The molecule has 42 heavy (non-hydrogen) atoms. The first-order valence-electron chi connectivity index (χ1n) is 14.2. The normalized spacial score (nSPS) is 12.3. The number of methoxy groups -OCH3 is 1. The highest BCUT2D eigenvalue weighted by atomic mass is 16.5. The van der Waals surface area contributed by atoms with Gasteiger partial charge in [0.2, 0.25) is 5.91 Å². The van der Waals surface area contributed by atoms with Crippen LogP contribution in [0.5, 0.6) is 5.75 Å². The van der Waals surface area contributed by atoms with E-state index in [0.717, 1.165) is 24.2 Å². The number of pyridine rings is 1. The fourth-order valence-corrected chi connectivity index (χ4v) is 4.63. The SMILES string of the molecule is CCCN(CCC)C(=O)c1cc(C(N)=O)cc(C(=O)N[C@@H](Cc2ccccn2)[C@H](O)CNCc2cccc(OC)c2)c1. The number of benzene rings is 2. The number of primary amides is 1. The number of carbonyl (C=O) groups excluding carboxylic acids is 3. The van der Waals surface area contributed by atoms with Crippen molar-refractivity contribution in [1.29, 1.82) is 0 Å². The van der Waals surface area contributed by atoms with E-state index in [2.05, 4.69) is 15.6 Å². The summed E-state index contributed by atoms with van der Waals surface area (Å²) in [7, 11) is 1.60.